The van der Waals surface area contributed by atoms with Crippen LogP contribution in [-0.2, 0) is 4.79 Å². The molecule has 2 nitrogen and oxygen atoms in total. The molecule has 0 atom stereocenters. The van der Waals surface area contributed by atoms with Crippen molar-refractivity contribution in [1.29, 1.82) is 0 Å². The molecule has 0 aromatic rings. The molecular formula is C7H5CsO2. The maximum atomic E-state index is 10.1. The van der Waals surface area contributed by atoms with E-state index in [4.69, 9.17) is 0 Å². The Hall–Kier alpha value is 0.742. The van der Waals surface area contributed by atoms with E-state index < -0.39 is 5.97 Å². The summed E-state index contributed by atoms with van der Waals surface area (Å²) in [5.41, 5.74) is 0.685. The van der Waals surface area contributed by atoms with Crippen molar-refractivity contribution in [2.45, 2.75) is 0 Å². The molecule has 0 heterocycles. The molecule has 0 amide bonds. The Bertz CT molecular complexity index is 226. The molecule has 3 heteroatoms. The second-order valence-electron chi connectivity index (χ2n) is 1.75. The largest absolute Gasteiger partial charge is 1.00 e. The van der Waals surface area contributed by atoms with Crippen LogP contribution >= 0.6 is 0 Å². The third-order valence-electron chi connectivity index (χ3n) is 1.13. The van der Waals surface area contributed by atoms with Crippen molar-refractivity contribution in [1.82, 2.24) is 0 Å². The molecule has 0 radical (unpaired) electrons. The van der Waals surface area contributed by atoms with Crippen LogP contribution in [0.5, 0.6) is 0 Å². The summed E-state index contributed by atoms with van der Waals surface area (Å²) < 4.78 is 0. The Kier molecular flexibility index (Phi) is 4.93. The van der Waals surface area contributed by atoms with Gasteiger partial charge in [0.05, 0.1) is 5.97 Å². The third kappa shape index (κ3) is 2.41. The van der Waals surface area contributed by atoms with Gasteiger partial charge in [0.15, 0.2) is 0 Å². The van der Waals surface area contributed by atoms with E-state index in [1.807, 2.05) is 0 Å². The standard InChI is InChI=1S/C7H6O2.Cs/c1-5-3-2-4-6(5)7(8)9;/h2-4H,1H2,(H,8,9);/q;+1/p-1. The predicted octanol–water partition coefficient (Wildman–Crippen LogP) is -3.21. The Morgan fingerprint density at radius 2 is 2.20 bits per heavy atom. The Morgan fingerprint density at radius 3 is 2.40 bits per heavy atom. The van der Waals surface area contributed by atoms with Crippen molar-refractivity contribution in [2.24, 2.45) is 0 Å². The van der Waals surface area contributed by atoms with E-state index in [0.717, 1.165) is 0 Å². The van der Waals surface area contributed by atoms with Crippen molar-refractivity contribution >= 4 is 5.97 Å². The minimum absolute atomic E-state index is 0. The average molecular weight is 254 g/mol. The van der Waals surface area contributed by atoms with Gasteiger partial charge in [0.25, 0.3) is 0 Å². The molecule has 1 aliphatic rings. The summed E-state index contributed by atoms with van der Waals surface area (Å²) >= 11 is 0. The molecule has 0 unspecified atom stereocenters. The molecule has 10 heavy (non-hydrogen) atoms. The van der Waals surface area contributed by atoms with Crippen LogP contribution in [0, 0.1) is 0 Å². The van der Waals surface area contributed by atoms with Gasteiger partial charge in [0.2, 0.25) is 0 Å². The first kappa shape index (κ1) is 10.7. The average Bonchev–Trinajstić information content (AvgIpc) is 2.13. The Balaban J connectivity index is 0.000000810. The molecule has 0 aromatic heterocycles. The topological polar surface area (TPSA) is 40.1 Å². The summed E-state index contributed by atoms with van der Waals surface area (Å²) in [4.78, 5) is 10.1. The van der Waals surface area contributed by atoms with Crippen LogP contribution in [0.3, 0.4) is 0 Å². The van der Waals surface area contributed by atoms with E-state index in [1.54, 1.807) is 12.2 Å². The number of allylic oxidation sites excluding steroid dienone is 3. The molecule has 0 saturated carbocycles. The van der Waals surface area contributed by atoms with Crippen molar-refractivity contribution in [2.75, 3.05) is 0 Å². The number of hydrogen-bond donors (Lipinski definition) is 0. The first-order chi connectivity index (χ1) is 4.22. The normalized spacial score (nSPS) is 14.4. The molecule has 46 valence electrons. The van der Waals surface area contributed by atoms with Crippen LogP contribution in [0.25, 0.3) is 0 Å². The number of carboxylic acid groups (broad SMARTS) is 1. The van der Waals surface area contributed by atoms with Gasteiger partial charge < -0.3 is 9.90 Å². The minimum Gasteiger partial charge on any atom is -0.545 e. The zero-order valence-corrected chi connectivity index (χ0v) is 12.0. The van der Waals surface area contributed by atoms with Crippen LogP contribution in [0.1, 0.15) is 0 Å². The number of carbonyl (C=O) groups excluding carboxylic acids is 1. The molecule has 0 aliphatic heterocycles. The van der Waals surface area contributed by atoms with Crippen LogP contribution in [0.2, 0.25) is 0 Å². The SMILES string of the molecule is C=C1C=CC=C1C(=O)[O-].[Cs+]. The summed E-state index contributed by atoms with van der Waals surface area (Å²) in [5, 5.41) is 10.1. The predicted molar refractivity (Wildman–Crippen MR) is 31.4 cm³/mol. The van der Waals surface area contributed by atoms with Crippen molar-refractivity contribution in [3.05, 3.63) is 36.0 Å². The van der Waals surface area contributed by atoms with Crippen LogP contribution in [-0.4, -0.2) is 5.97 Å². The minimum atomic E-state index is -1.16. The summed E-state index contributed by atoms with van der Waals surface area (Å²) in [5.74, 6) is -1.16. The maximum absolute atomic E-state index is 10.1. The molecule has 0 saturated heterocycles. The first-order valence-corrected chi connectivity index (χ1v) is 2.51. The van der Waals surface area contributed by atoms with Crippen LogP contribution in [0.15, 0.2) is 36.0 Å². The first-order valence-electron chi connectivity index (χ1n) is 2.51. The van der Waals surface area contributed by atoms with Gasteiger partial charge in [0.1, 0.15) is 0 Å². The molecule has 0 fully saturated rings. The van der Waals surface area contributed by atoms with E-state index in [1.165, 1.54) is 6.08 Å². The van der Waals surface area contributed by atoms with Gasteiger partial charge in [-0.3, -0.25) is 0 Å². The van der Waals surface area contributed by atoms with Gasteiger partial charge in [0, 0.05) is 5.57 Å². The zero-order chi connectivity index (χ0) is 6.85. The molecule has 1 aliphatic carbocycles. The molecule has 0 aromatic carbocycles. The number of hydrogen-bond acceptors (Lipinski definition) is 2. The quantitative estimate of drug-likeness (QED) is 0.494. The van der Waals surface area contributed by atoms with E-state index in [0.29, 0.717) is 5.57 Å². The van der Waals surface area contributed by atoms with E-state index >= 15 is 0 Å². The fourth-order valence-corrected chi connectivity index (χ4v) is 0.656. The number of carbonyl (C=O) groups is 1. The molecule has 0 spiro atoms. The Labute approximate surface area is 118 Å². The number of carboxylic acids is 1. The monoisotopic (exact) mass is 254 g/mol. The van der Waals surface area contributed by atoms with Gasteiger partial charge in [-0.05, 0) is 5.57 Å². The van der Waals surface area contributed by atoms with Crippen LogP contribution < -0.4 is 74.0 Å². The second kappa shape index (κ2) is 4.59. The van der Waals surface area contributed by atoms with Gasteiger partial charge in [-0.2, -0.15) is 0 Å². The van der Waals surface area contributed by atoms with Crippen molar-refractivity contribution in [3.63, 3.8) is 0 Å². The van der Waals surface area contributed by atoms with Gasteiger partial charge >= 0.3 is 68.9 Å². The summed E-state index contributed by atoms with van der Waals surface area (Å²) in [6.07, 6.45) is 4.73. The number of rotatable bonds is 1. The smallest absolute Gasteiger partial charge is 0.545 e. The van der Waals surface area contributed by atoms with Gasteiger partial charge in [-0.15, -0.1) is 0 Å². The van der Waals surface area contributed by atoms with E-state index in [2.05, 4.69) is 6.58 Å². The van der Waals surface area contributed by atoms with Crippen molar-refractivity contribution in [3.8, 4) is 0 Å². The summed E-state index contributed by atoms with van der Waals surface area (Å²) in [6, 6.07) is 0. The third-order valence-corrected chi connectivity index (χ3v) is 1.13. The molecule has 1 rings (SSSR count). The molecule has 0 bridgehead atoms. The summed E-state index contributed by atoms with van der Waals surface area (Å²) in [7, 11) is 0. The van der Waals surface area contributed by atoms with E-state index in [-0.39, 0.29) is 74.5 Å². The summed E-state index contributed by atoms with van der Waals surface area (Å²) in [6.45, 7) is 3.48. The molecular weight excluding hydrogens is 249 g/mol. The van der Waals surface area contributed by atoms with Gasteiger partial charge in [-0.1, -0.05) is 24.8 Å². The van der Waals surface area contributed by atoms with Gasteiger partial charge in [-0.25, -0.2) is 0 Å². The Morgan fingerprint density at radius 1 is 1.60 bits per heavy atom. The zero-order valence-electron chi connectivity index (χ0n) is 5.76. The number of aliphatic carboxylic acids is 1. The molecule has 0 N–H and O–H groups in total. The van der Waals surface area contributed by atoms with Crippen LogP contribution in [0.4, 0.5) is 0 Å². The maximum Gasteiger partial charge on any atom is 1.00 e. The van der Waals surface area contributed by atoms with Crippen molar-refractivity contribution < 1.29 is 78.8 Å². The second-order valence-corrected chi connectivity index (χ2v) is 1.75. The fourth-order valence-electron chi connectivity index (χ4n) is 0.656. The van der Waals surface area contributed by atoms with E-state index in [9.17, 15) is 9.90 Å². The fraction of sp³-hybridized carbons (Fsp3) is 0.